The first kappa shape index (κ1) is 13.1. The molecule has 0 radical (unpaired) electrons. The van der Waals surface area contributed by atoms with Gasteiger partial charge in [0.05, 0.1) is 12.7 Å². The van der Waals surface area contributed by atoms with Crippen molar-refractivity contribution in [2.45, 2.75) is 0 Å². The normalized spacial score (nSPS) is 10.5. The van der Waals surface area contributed by atoms with Crippen molar-refractivity contribution in [3.63, 3.8) is 0 Å². The van der Waals surface area contributed by atoms with Gasteiger partial charge in [-0.05, 0) is 35.2 Å². The Morgan fingerprint density at radius 2 is 2.00 bits per heavy atom. The van der Waals surface area contributed by atoms with Gasteiger partial charge in [-0.3, -0.25) is 4.98 Å². The Hall–Kier alpha value is -2.88. The highest BCUT2D eigenvalue weighted by molar-refractivity contribution is 5.99. The van der Waals surface area contributed by atoms with Crippen molar-refractivity contribution in [2.75, 3.05) is 7.11 Å². The lowest BCUT2D eigenvalue weighted by atomic mass is 9.97. The zero-order valence-electron chi connectivity index (χ0n) is 11.4. The van der Waals surface area contributed by atoms with Crippen LogP contribution in [-0.2, 0) is 0 Å². The molecule has 0 spiro atoms. The molecule has 0 aliphatic carbocycles. The molecule has 0 bridgehead atoms. The smallest absolute Gasteiger partial charge is 0.335 e. The molecule has 0 saturated heterocycles. The SMILES string of the molecule is COc1ccc(C(=O)O)cc1-c1cccc2cnccc12. The van der Waals surface area contributed by atoms with Crippen LogP contribution >= 0.6 is 0 Å². The van der Waals surface area contributed by atoms with Crippen molar-refractivity contribution in [3.8, 4) is 16.9 Å². The second-order valence-corrected chi connectivity index (χ2v) is 4.62. The van der Waals surface area contributed by atoms with Crippen molar-refractivity contribution in [3.05, 3.63) is 60.4 Å². The molecule has 0 unspecified atom stereocenters. The number of carbonyl (C=O) groups is 1. The molecule has 0 fully saturated rings. The van der Waals surface area contributed by atoms with Gasteiger partial charge in [0.25, 0.3) is 0 Å². The standard InChI is InChI=1S/C17H13NO3/c1-21-16-6-5-11(17(19)20)9-15(16)14-4-2-3-12-10-18-8-7-13(12)14/h2-10H,1H3,(H,19,20). The van der Waals surface area contributed by atoms with Crippen LogP contribution in [0.5, 0.6) is 5.75 Å². The number of aromatic carboxylic acids is 1. The van der Waals surface area contributed by atoms with Gasteiger partial charge < -0.3 is 9.84 Å². The van der Waals surface area contributed by atoms with Gasteiger partial charge in [-0.2, -0.15) is 0 Å². The Balaban J connectivity index is 2.31. The highest BCUT2D eigenvalue weighted by Crippen LogP contribution is 2.35. The number of pyridine rings is 1. The second-order valence-electron chi connectivity index (χ2n) is 4.62. The molecule has 0 saturated carbocycles. The number of methoxy groups -OCH3 is 1. The number of benzene rings is 2. The number of rotatable bonds is 3. The Labute approximate surface area is 121 Å². The average molecular weight is 279 g/mol. The molecule has 0 aliphatic rings. The third kappa shape index (κ3) is 2.31. The third-order valence-electron chi connectivity index (χ3n) is 3.42. The molecule has 2 aromatic carbocycles. The minimum atomic E-state index is -0.958. The lowest BCUT2D eigenvalue weighted by molar-refractivity contribution is 0.0697. The lowest BCUT2D eigenvalue weighted by Crippen LogP contribution is -1.98. The van der Waals surface area contributed by atoms with Crippen molar-refractivity contribution in [2.24, 2.45) is 0 Å². The highest BCUT2D eigenvalue weighted by Gasteiger charge is 2.12. The molecule has 1 heterocycles. The molecule has 3 rings (SSSR count). The van der Waals surface area contributed by atoms with Gasteiger partial charge in [0.2, 0.25) is 0 Å². The number of ether oxygens (including phenoxy) is 1. The molecule has 0 amide bonds. The van der Waals surface area contributed by atoms with Crippen LogP contribution in [0.1, 0.15) is 10.4 Å². The van der Waals surface area contributed by atoms with E-state index >= 15 is 0 Å². The van der Waals surface area contributed by atoms with E-state index in [0.29, 0.717) is 5.75 Å². The zero-order chi connectivity index (χ0) is 14.8. The summed E-state index contributed by atoms with van der Waals surface area (Å²) in [6.45, 7) is 0. The molecule has 1 N–H and O–H groups in total. The van der Waals surface area contributed by atoms with Crippen LogP contribution in [0.3, 0.4) is 0 Å². The Bertz CT molecular complexity index is 822. The summed E-state index contributed by atoms with van der Waals surface area (Å²) >= 11 is 0. The van der Waals surface area contributed by atoms with E-state index in [-0.39, 0.29) is 5.56 Å². The third-order valence-corrected chi connectivity index (χ3v) is 3.42. The van der Waals surface area contributed by atoms with Crippen LogP contribution in [0.15, 0.2) is 54.9 Å². The minimum absolute atomic E-state index is 0.233. The maximum atomic E-state index is 11.2. The van der Waals surface area contributed by atoms with Crippen LogP contribution in [-0.4, -0.2) is 23.2 Å². The summed E-state index contributed by atoms with van der Waals surface area (Å²) in [5.41, 5.74) is 1.92. The predicted octanol–water partition coefficient (Wildman–Crippen LogP) is 3.61. The van der Waals surface area contributed by atoms with Gasteiger partial charge in [0, 0.05) is 23.3 Å². The quantitative estimate of drug-likeness (QED) is 0.795. The molecule has 0 aliphatic heterocycles. The maximum Gasteiger partial charge on any atom is 0.335 e. The Morgan fingerprint density at radius 1 is 1.14 bits per heavy atom. The summed E-state index contributed by atoms with van der Waals surface area (Å²) in [4.78, 5) is 15.3. The van der Waals surface area contributed by atoms with Crippen LogP contribution in [0.2, 0.25) is 0 Å². The number of hydrogen-bond donors (Lipinski definition) is 1. The fourth-order valence-electron chi connectivity index (χ4n) is 2.41. The van der Waals surface area contributed by atoms with Crippen molar-refractivity contribution >= 4 is 16.7 Å². The fraction of sp³-hybridized carbons (Fsp3) is 0.0588. The van der Waals surface area contributed by atoms with Crippen molar-refractivity contribution in [1.29, 1.82) is 0 Å². The zero-order valence-corrected chi connectivity index (χ0v) is 11.4. The summed E-state index contributed by atoms with van der Waals surface area (Å²) in [7, 11) is 1.58. The topological polar surface area (TPSA) is 59.4 Å². The van der Waals surface area contributed by atoms with E-state index in [9.17, 15) is 9.90 Å². The van der Waals surface area contributed by atoms with E-state index in [2.05, 4.69) is 4.98 Å². The maximum absolute atomic E-state index is 11.2. The summed E-state index contributed by atoms with van der Waals surface area (Å²) < 4.78 is 5.37. The van der Waals surface area contributed by atoms with Crippen LogP contribution in [0.4, 0.5) is 0 Å². The molecular formula is C17H13NO3. The van der Waals surface area contributed by atoms with Gasteiger partial charge in [-0.25, -0.2) is 4.79 Å². The molecule has 1 aromatic heterocycles. The summed E-state index contributed by atoms with van der Waals surface area (Å²) in [5.74, 6) is -0.315. The molecule has 0 atom stereocenters. The van der Waals surface area contributed by atoms with Crippen LogP contribution < -0.4 is 4.74 Å². The number of aromatic nitrogens is 1. The highest BCUT2D eigenvalue weighted by atomic mass is 16.5. The molecule has 3 aromatic rings. The summed E-state index contributed by atoms with van der Waals surface area (Å²) in [6.07, 6.45) is 3.51. The summed E-state index contributed by atoms with van der Waals surface area (Å²) in [5, 5.41) is 11.2. The van der Waals surface area contributed by atoms with Crippen LogP contribution in [0.25, 0.3) is 21.9 Å². The van der Waals surface area contributed by atoms with Crippen molar-refractivity contribution < 1.29 is 14.6 Å². The van der Waals surface area contributed by atoms with Gasteiger partial charge in [0.1, 0.15) is 5.75 Å². The molecule has 4 nitrogen and oxygen atoms in total. The average Bonchev–Trinajstić information content (AvgIpc) is 2.53. The lowest BCUT2D eigenvalue weighted by Gasteiger charge is -2.12. The number of carboxylic acids is 1. The van der Waals surface area contributed by atoms with Crippen molar-refractivity contribution in [1.82, 2.24) is 4.98 Å². The Kier molecular flexibility index (Phi) is 3.28. The number of carboxylic acid groups (broad SMARTS) is 1. The molecular weight excluding hydrogens is 266 g/mol. The predicted molar refractivity (Wildman–Crippen MR) is 80.7 cm³/mol. The molecule has 21 heavy (non-hydrogen) atoms. The minimum Gasteiger partial charge on any atom is -0.496 e. The monoisotopic (exact) mass is 279 g/mol. The fourth-order valence-corrected chi connectivity index (χ4v) is 2.41. The largest absolute Gasteiger partial charge is 0.496 e. The van der Waals surface area contributed by atoms with Gasteiger partial charge >= 0.3 is 5.97 Å². The van der Waals surface area contributed by atoms with E-state index in [1.165, 1.54) is 6.07 Å². The first-order chi connectivity index (χ1) is 10.2. The number of fused-ring (bicyclic) bond motifs is 1. The second kappa shape index (κ2) is 5.25. The first-order valence-corrected chi connectivity index (χ1v) is 6.45. The number of hydrogen-bond acceptors (Lipinski definition) is 3. The van der Waals surface area contributed by atoms with Gasteiger partial charge in [0.15, 0.2) is 0 Å². The van der Waals surface area contributed by atoms with E-state index < -0.39 is 5.97 Å². The first-order valence-electron chi connectivity index (χ1n) is 6.45. The van der Waals surface area contributed by atoms with E-state index in [1.807, 2.05) is 24.3 Å². The molecule has 104 valence electrons. The summed E-state index contributed by atoms with van der Waals surface area (Å²) in [6, 6.07) is 12.6. The van der Waals surface area contributed by atoms with E-state index in [1.54, 1.807) is 31.6 Å². The van der Waals surface area contributed by atoms with Gasteiger partial charge in [-0.1, -0.05) is 18.2 Å². The van der Waals surface area contributed by atoms with E-state index in [4.69, 9.17) is 4.74 Å². The number of nitrogens with zero attached hydrogens (tertiary/aromatic N) is 1. The van der Waals surface area contributed by atoms with E-state index in [0.717, 1.165) is 21.9 Å². The Morgan fingerprint density at radius 3 is 2.76 bits per heavy atom. The van der Waals surface area contributed by atoms with Gasteiger partial charge in [-0.15, -0.1) is 0 Å². The van der Waals surface area contributed by atoms with Crippen LogP contribution in [0, 0.1) is 0 Å². The molecule has 4 heteroatoms.